The molecule has 0 spiro atoms. The summed E-state index contributed by atoms with van der Waals surface area (Å²) in [7, 11) is 0. The second-order valence-electron chi connectivity index (χ2n) is 3.46. The molecule has 0 bridgehead atoms. The van der Waals surface area contributed by atoms with E-state index in [-0.39, 0.29) is 0 Å². The number of nitrogens with zero attached hydrogens (tertiary/aromatic N) is 1. The Labute approximate surface area is 83.6 Å². The van der Waals surface area contributed by atoms with Crippen LogP contribution in [0.25, 0.3) is 0 Å². The highest BCUT2D eigenvalue weighted by molar-refractivity contribution is 5.16. The second kappa shape index (κ2) is 4.09. The molecule has 2 heteroatoms. The first kappa shape index (κ1) is 9.00. The molecular formula is C12H13NO. The summed E-state index contributed by atoms with van der Waals surface area (Å²) in [6.07, 6.45) is 4.29. The van der Waals surface area contributed by atoms with E-state index >= 15 is 0 Å². The highest BCUT2D eigenvalue weighted by atomic mass is 16.3. The predicted molar refractivity (Wildman–Crippen MR) is 55.1 cm³/mol. The smallest absolute Gasteiger partial charge is 0.197 e. The topological polar surface area (TPSA) is 26.0 Å². The number of hydrogen-bond donors (Lipinski definition) is 0. The van der Waals surface area contributed by atoms with Gasteiger partial charge in [0, 0.05) is 5.92 Å². The third-order valence-corrected chi connectivity index (χ3v) is 2.26. The van der Waals surface area contributed by atoms with Gasteiger partial charge in [-0.1, -0.05) is 37.3 Å². The molecule has 0 saturated carbocycles. The van der Waals surface area contributed by atoms with Crippen molar-refractivity contribution >= 4 is 0 Å². The molecule has 1 heterocycles. The van der Waals surface area contributed by atoms with Crippen molar-refractivity contribution in [3.05, 3.63) is 54.2 Å². The summed E-state index contributed by atoms with van der Waals surface area (Å²) in [6.45, 7) is 2.12. The van der Waals surface area contributed by atoms with E-state index < -0.39 is 0 Å². The maximum Gasteiger partial charge on any atom is 0.197 e. The molecule has 72 valence electrons. The Morgan fingerprint density at radius 2 is 2.07 bits per heavy atom. The van der Waals surface area contributed by atoms with Gasteiger partial charge in [0.2, 0.25) is 0 Å². The lowest BCUT2D eigenvalue weighted by atomic mass is 10.0. The zero-order chi connectivity index (χ0) is 9.80. The lowest BCUT2D eigenvalue weighted by molar-refractivity contribution is 0.457. The van der Waals surface area contributed by atoms with Crippen LogP contribution < -0.4 is 0 Å². The maximum absolute atomic E-state index is 5.26. The molecular weight excluding hydrogens is 174 g/mol. The molecule has 0 saturated heterocycles. The SMILES string of the molecule is CC(Cc1ccccc1)c1ncco1. The van der Waals surface area contributed by atoms with Crippen LogP contribution in [0.1, 0.15) is 24.3 Å². The van der Waals surface area contributed by atoms with Crippen LogP contribution in [0.15, 0.2) is 47.2 Å². The van der Waals surface area contributed by atoms with Gasteiger partial charge in [0.25, 0.3) is 0 Å². The Kier molecular flexibility index (Phi) is 2.63. The van der Waals surface area contributed by atoms with Gasteiger partial charge < -0.3 is 4.42 Å². The normalized spacial score (nSPS) is 12.6. The summed E-state index contributed by atoms with van der Waals surface area (Å²) in [6, 6.07) is 10.4. The fraction of sp³-hybridized carbons (Fsp3) is 0.250. The van der Waals surface area contributed by atoms with E-state index in [1.165, 1.54) is 5.56 Å². The Hall–Kier alpha value is -1.57. The van der Waals surface area contributed by atoms with Crippen LogP contribution in [-0.2, 0) is 6.42 Å². The number of oxazole rings is 1. The minimum atomic E-state index is 0.340. The summed E-state index contributed by atoms with van der Waals surface area (Å²) < 4.78 is 5.26. The molecule has 0 amide bonds. The van der Waals surface area contributed by atoms with Gasteiger partial charge in [0.05, 0.1) is 6.20 Å². The summed E-state index contributed by atoms with van der Waals surface area (Å²) in [5.41, 5.74) is 1.32. The highest BCUT2D eigenvalue weighted by Gasteiger charge is 2.09. The molecule has 1 aromatic heterocycles. The molecule has 0 radical (unpaired) electrons. The van der Waals surface area contributed by atoms with Gasteiger partial charge >= 0.3 is 0 Å². The van der Waals surface area contributed by atoms with E-state index in [0.29, 0.717) is 5.92 Å². The molecule has 0 aliphatic heterocycles. The molecule has 1 aromatic carbocycles. The van der Waals surface area contributed by atoms with E-state index in [0.717, 1.165) is 12.3 Å². The fourth-order valence-electron chi connectivity index (χ4n) is 1.53. The van der Waals surface area contributed by atoms with E-state index in [9.17, 15) is 0 Å². The van der Waals surface area contributed by atoms with Gasteiger partial charge in [-0.25, -0.2) is 4.98 Å². The average molecular weight is 187 g/mol. The fourth-order valence-corrected chi connectivity index (χ4v) is 1.53. The Balaban J connectivity index is 2.06. The molecule has 2 aromatic rings. The first-order chi connectivity index (χ1) is 6.86. The van der Waals surface area contributed by atoms with Gasteiger partial charge in [-0.05, 0) is 12.0 Å². The van der Waals surface area contributed by atoms with E-state index in [1.54, 1.807) is 12.5 Å². The third-order valence-electron chi connectivity index (χ3n) is 2.26. The molecule has 1 atom stereocenters. The lowest BCUT2D eigenvalue weighted by Crippen LogP contribution is -1.98. The van der Waals surface area contributed by atoms with Crippen LogP contribution >= 0.6 is 0 Å². The number of benzene rings is 1. The Morgan fingerprint density at radius 1 is 1.29 bits per heavy atom. The predicted octanol–water partition coefficient (Wildman–Crippen LogP) is 3.02. The second-order valence-corrected chi connectivity index (χ2v) is 3.46. The van der Waals surface area contributed by atoms with Crippen LogP contribution in [0, 0.1) is 0 Å². The van der Waals surface area contributed by atoms with Crippen LogP contribution in [0.4, 0.5) is 0 Å². The van der Waals surface area contributed by atoms with Gasteiger partial charge in [0.15, 0.2) is 5.89 Å². The standard InChI is InChI=1S/C12H13NO/c1-10(12-13-7-8-14-12)9-11-5-3-2-4-6-11/h2-8,10H,9H2,1H3. The largest absolute Gasteiger partial charge is 0.449 e. The lowest BCUT2D eigenvalue weighted by Gasteiger charge is -2.06. The quantitative estimate of drug-likeness (QED) is 0.738. The van der Waals surface area contributed by atoms with Crippen molar-refractivity contribution in [2.75, 3.05) is 0 Å². The summed E-state index contributed by atoms with van der Waals surface area (Å²) in [5.74, 6) is 1.15. The number of aromatic nitrogens is 1. The molecule has 0 fully saturated rings. The van der Waals surface area contributed by atoms with Crippen LogP contribution in [0.2, 0.25) is 0 Å². The van der Waals surface area contributed by atoms with Crippen molar-refractivity contribution in [3.63, 3.8) is 0 Å². The van der Waals surface area contributed by atoms with Crippen molar-refractivity contribution in [3.8, 4) is 0 Å². The highest BCUT2D eigenvalue weighted by Crippen LogP contribution is 2.17. The average Bonchev–Trinajstić information content (AvgIpc) is 2.72. The Morgan fingerprint density at radius 3 is 2.71 bits per heavy atom. The van der Waals surface area contributed by atoms with Gasteiger partial charge in [-0.3, -0.25) is 0 Å². The van der Waals surface area contributed by atoms with Crippen molar-refractivity contribution in [1.29, 1.82) is 0 Å². The van der Waals surface area contributed by atoms with E-state index in [4.69, 9.17) is 4.42 Å². The molecule has 2 rings (SSSR count). The molecule has 2 nitrogen and oxygen atoms in total. The maximum atomic E-state index is 5.26. The van der Waals surface area contributed by atoms with Crippen LogP contribution in [0.5, 0.6) is 0 Å². The summed E-state index contributed by atoms with van der Waals surface area (Å²) in [4.78, 5) is 4.15. The zero-order valence-electron chi connectivity index (χ0n) is 8.18. The van der Waals surface area contributed by atoms with Crippen molar-refractivity contribution in [1.82, 2.24) is 4.98 Å². The first-order valence-electron chi connectivity index (χ1n) is 4.79. The zero-order valence-corrected chi connectivity index (χ0v) is 8.18. The van der Waals surface area contributed by atoms with Gasteiger partial charge in [0.1, 0.15) is 6.26 Å². The molecule has 0 N–H and O–H groups in total. The molecule has 1 unspecified atom stereocenters. The first-order valence-corrected chi connectivity index (χ1v) is 4.79. The van der Waals surface area contributed by atoms with Crippen molar-refractivity contribution < 1.29 is 4.42 Å². The van der Waals surface area contributed by atoms with Crippen molar-refractivity contribution in [2.45, 2.75) is 19.3 Å². The molecule has 0 aliphatic rings. The van der Waals surface area contributed by atoms with E-state index in [2.05, 4.69) is 36.2 Å². The van der Waals surface area contributed by atoms with E-state index in [1.807, 2.05) is 6.07 Å². The Bertz CT molecular complexity index is 366. The van der Waals surface area contributed by atoms with Crippen LogP contribution in [-0.4, -0.2) is 4.98 Å². The third kappa shape index (κ3) is 2.02. The number of hydrogen-bond acceptors (Lipinski definition) is 2. The molecule has 14 heavy (non-hydrogen) atoms. The monoisotopic (exact) mass is 187 g/mol. The molecule has 0 aliphatic carbocycles. The van der Waals surface area contributed by atoms with Gasteiger partial charge in [-0.15, -0.1) is 0 Å². The van der Waals surface area contributed by atoms with Crippen molar-refractivity contribution in [2.24, 2.45) is 0 Å². The van der Waals surface area contributed by atoms with Gasteiger partial charge in [-0.2, -0.15) is 0 Å². The minimum Gasteiger partial charge on any atom is -0.449 e. The summed E-state index contributed by atoms with van der Waals surface area (Å²) >= 11 is 0. The number of rotatable bonds is 3. The van der Waals surface area contributed by atoms with Crippen LogP contribution in [0.3, 0.4) is 0 Å². The minimum absolute atomic E-state index is 0.340. The summed E-state index contributed by atoms with van der Waals surface area (Å²) in [5, 5.41) is 0.